The van der Waals surface area contributed by atoms with E-state index in [1.165, 1.54) is 0 Å². The van der Waals surface area contributed by atoms with E-state index in [0.29, 0.717) is 16.7 Å². The third kappa shape index (κ3) is 2.74. The minimum Gasteiger partial charge on any atom is -0.326 e. The molecule has 0 N–H and O–H groups in total. The first-order valence-corrected chi connectivity index (χ1v) is 7.52. The molecule has 0 saturated heterocycles. The van der Waals surface area contributed by atoms with Crippen LogP contribution in [0, 0.1) is 11.8 Å². The predicted molar refractivity (Wildman–Crippen MR) is 76.8 cm³/mol. The number of hydrogen-bond donors (Lipinski definition) is 0. The second kappa shape index (κ2) is 5.82. The molecule has 108 valence electrons. The highest BCUT2D eigenvalue weighted by Gasteiger charge is 2.22. The van der Waals surface area contributed by atoms with Gasteiger partial charge in [0.2, 0.25) is 5.28 Å². The van der Waals surface area contributed by atoms with Crippen molar-refractivity contribution in [2.45, 2.75) is 32.2 Å². The highest BCUT2D eigenvalue weighted by molar-refractivity contribution is 6.35. The lowest BCUT2D eigenvalue weighted by molar-refractivity contribution is 0.218. The Hall–Kier alpha value is -0.940. The molecule has 0 unspecified atom stereocenters. The Morgan fingerprint density at radius 2 is 1.85 bits per heavy atom. The number of nitrogens with zero attached hydrogens (tertiary/aromatic N) is 4. The number of fused-ring (bicyclic) bond motifs is 1. The zero-order valence-electron chi connectivity index (χ0n) is 10.9. The number of rotatable bonds is 3. The molecule has 0 amide bonds. The maximum Gasteiger partial charge on any atom is 0.225 e. The highest BCUT2D eigenvalue weighted by atomic mass is 35.5. The van der Waals surface area contributed by atoms with Gasteiger partial charge < -0.3 is 4.57 Å². The standard InChI is InChI=1S/C13H15Cl2FN4/c14-11-10-12(19-13(15)18-11)17-7-20(10)6-9-3-1-8(5-16)2-4-9/h7-9H,1-6H2. The zero-order valence-corrected chi connectivity index (χ0v) is 12.4. The Kier molecular flexibility index (Phi) is 4.08. The summed E-state index contributed by atoms with van der Waals surface area (Å²) in [7, 11) is 0. The van der Waals surface area contributed by atoms with Crippen LogP contribution in [0.5, 0.6) is 0 Å². The van der Waals surface area contributed by atoms with E-state index in [1.54, 1.807) is 6.33 Å². The Bertz CT molecular complexity index is 608. The number of hydrogen-bond acceptors (Lipinski definition) is 3. The minimum absolute atomic E-state index is 0.108. The van der Waals surface area contributed by atoms with Crippen molar-refractivity contribution in [2.24, 2.45) is 11.8 Å². The molecule has 4 nitrogen and oxygen atoms in total. The molecule has 7 heteroatoms. The van der Waals surface area contributed by atoms with Gasteiger partial charge in [-0.2, -0.15) is 4.98 Å². The Morgan fingerprint density at radius 1 is 1.15 bits per heavy atom. The summed E-state index contributed by atoms with van der Waals surface area (Å²) in [4.78, 5) is 12.2. The molecule has 0 aromatic carbocycles. The second-order valence-corrected chi connectivity index (χ2v) is 6.09. The molecule has 0 atom stereocenters. The monoisotopic (exact) mass is 316 g/mol. The van der Waals surface area contributed by atoms with E-state index in [-0.39, 0.29) is 17.9 Å². The Morgan fingerprint density at radius 3 is 2.55 bits per heavy atom. The quantitative estimate of drug-likeness (QED) is 0.637. The molecular formula is C13H15Cl2FN4. The van der Waals surface area contributed by atoms with Gasteiger partial charge in [-0.1, -0.05) is 11.6 Å². The van der Waals surface area contributed by atoms with Gasteiger partial charge in [0.05, 0.1) is 13.0 Å². The first-order chi connectivity index (χ1) is 9.67. The molecule has 2 aromatic rings. The molecule has 1 aliphatic rings. The van der Waals surface area contributed by atoms with Crippen LogP contribution in [0.4, 0.5) is 4.39 Å². The molecule has 0 bridgehead atoms. The van der Waals surface area contributed by atoms with Crippen molar-refractivity contribution in [2.75, 3.05) is 6.67 Å². The van der Waals surface area contributed by atoms with E-state index in [2.05, 4.69) is 15.0 Å². The van der Waals surface area contributed by atoms with Crippen LogP contribution < -0.4 is 0 Å². The molecule has 1 saturated carbocycles. The summed E-state index contributed by atoms with van der Waals surface area (Å²) in [5, 5.41) is 0.436. The lowest BCUT2D eigenvalue weighted by Gasteiger charge is -2.27. The third-order valence-corrected chi connectivity index (χ3v) is 4.47. The zero-order chi connectivity index (χ0) is 14.1. The summed E-state index contributed by atoms with van der Waals surface area (Å²) in [6, 6.07) is 0. The SMILES string of the molecule is FCC1CCC(Cn2cnc3nc(Cl)nc(Cl)c32)CC1. The first-order valence-electron chi connectivity index (χ1n) is 6.77. The summed E-state index contributed by atoms with van der Waals surface area (Å²) in [5.41, 5.74) is 1.25. The topological polar surface area (TPSA) is 43.6 Å². The van der Waals surface area contributed by atoms with Gasteiger partial charge in [-0.05, 0) is 49.1 Å². The van der Waals surface area contributed by atoms with E-state index in [0.717, 1.165) is 37.7 Å². The molecule has 0 radical (unpaired) electrons. The normalized spacial score (nSPS) is 23.4. The number of halogens is 3. The van der Waals surface area contributed by atoms with Gasteiger partial charge in [-0.15, -0.1) is 0 Å². The van der Waals surface area contributed by atoms with Gasteiger partial charge in [0.1, 0.15) is 5.52 Å². The van der Waals surface area contributed by atoms with Crippen molar-refractivity contribution in [1.82, 2.24) is 19.5 Å². The van der Waals surface area contributed by atoms with Crippen molar-refractivity contribution in [3.63, 3.8) is 0 Å². The lowest BCUT2D eigenvalue weighted by atomic mass is 9.82. The molecule has 20 heavy (non-hydrogen) atoms. The molecule has 1 fully saturated rings. The second-order valence-electron chi connectivity index (χ2n) is 5.39. The average molecular weight is 317 g/mol. The largest absolute Gasteiger partial charge is 0.326 e. The summed E-state index contributed by atoms with van der Waals surface area (Å²) < 4.78 is 14.6. The van der Waals surface area contributed by atoms with E-state index < -0.39 is 0 Å². The van der Waals surface area contributed by atoms with Gasteiger partial charge in [-0.25, -0.2) is 9.97 Å². The third-order valence-electron chi connectivity index (χ3n) is 4.04. The smallest absolute Gasteiger partial charge is 0.225 e. The molecule has 0 aliphatic heterocycles. The van der Waals surface area contributed by atoms with Gasteiger partial charge in [0.25, 0.3) is 0 Å². The molecular weight excluding hydrogens is 302 g/mol. The van der Waals surface area contributed by atoms with Crippen molar-refractivity contribution in [3.05, 3.63) is 16.8 Å². The van der Waals surface area contributed by atoms with Crippen LogP contribution in [0.25, 0.3) is 11.2 Å². The number of imidazole rings is 1. The first kappa shape index (κ1) is 14.0. The maximum atomic E-state index is 12.6. The van der Waals surface area contributed by atoms with Gasteiger partial charge in [0, 0.05) is 6.54 Å². The number of aromatic nitrogens is 4. The van der Waals surface area contributed by atoms with Crippen LogP contribution >= 0.6 is 23.2 Å². The van der Waals surface area contributed by atoms with Crippen molar-refractivity contribution < 1.29 is 4.39 Å². The summed E-state index contributed by atoms with van der Waals surface area (Å²) in [6.45, 7) is 0.624. The fourth-order valence-corrected chi connectivity index (χ4v) is 3.38. The number of alkyl halides is 1. The van der Waals surface area contributed by atoms with Crippen molar-refractivity contribution in [1.29, 1.82) is 0 Å². The van der Waals surface area contributed by atoms with E-state index in [9.17, 15) is 4.39 Å². The van der Waals surface area contributed by atoms with Crippen LogP contribution in [0.1, 0.15) is 25.7 Å². The van der Waals surface area contributed by atoms with E-state index in [4.69, 9.17) is 23.2 Å². The Labute approximate surface area is 126 Å². The fourth-order valence-electron chi connectivity index (χ4n) is 2.90. The maximum absolute atomic E-state index is 12.6. The molecule has 1 aliphatic carbocycles. The Balaban J connectivity index is 1.78. The van der Waals surface area contributed by atoms with E-state index >= 15 is 0 Å². The molecule has 2 heterocycles. The van der Waals surface area contributed by atoms with Crippen LogP contribution in [-0.4, -0.2) is 26.2 Å². The predicted octanol–water partition coefficient (Wildman–Crippen LogP) is 3.91. The summed E-state index contributed by atoms with van der Waals surface area (Å²) in [5.74, 6) is 0.776. The van der Waals surface area contributed by atoms with Gasteiger partial charge >= 0.3 is 0 Å². The van der Waals surface area contributed by atoms with E-state index in [1.807, 2.05) is 4.57 Å². The van der Waals surface area contributed by atoms with Crippen LogP contribution in [0.2, 0.25) is 10.4 Å². The molecule has 0 spiro atoms. The van der Waals surface area contributed by atoms with Crippen LogP contribution in [0.3, 0.4) is 0 Å². The summed E-state index contributed by atoms with van der Waals surface area (Å²) >= 11 is 11.9. The van der Waals surface area contributed by atoms with Crippen LogP contribution in [0.15, 0.2) is 6.33 Å². The van der Waals surface area contributed by atoms with Crippen molar-refractivity contribution >= 4 is 34.4 Å². The van der Waals surface area contributed by atoms with Gasteiger partial charge in [-0.3, -0.25) is 4.39 Å². The lowest BCUT2D eigenvalue weighted by Crippen LogP contribution is -2.19. The minimum atomic E-state index is -0.196. The highest BCUT2D eigenvalue weighted by Crippen LogP contribution is 2.31. The fraction of sp³-hybridized carbons (Fsp3) is 0.615. The molecule has 3 rings (SSSR count). The summed E-state index contributed by atoms with van der Waals surface area (Å²) in [6.07, 6.45) is 5.73. The van der Waals surface area contributed by atoms with Crippen LogP contribution in [-0.2, 0) is 6.54 Å². The van der Waals surface area contributed by atoms with Crippen molar-refractivity contribution in [3.8, 4) is 0 Å². The van der Waals surface area contributed by atoms with Gasteiger partial charge in [0.15, 0.2) is 10.8 Å². The molecule has 2 aromatic heterocycles. The average Bonchev–Trinajstić information content (AvgIpc) is 2.82.